The van der Waals surface area contributed by atoms with Gasteiger partial charge < -0.3 is 5.73 Å². The van der Waals surface area contributed by atoms with Crippen molar-refractivity contribution in [3.8, 4) is 0 Å². The van der Waals surface area contributed by atoms with E-state index in [0.717, 1.165) is 54.4 Å². The highest BCUT2D eigenvalue weighted by atomic mass is 19.1. The topological polar surface area (TPSA) is 60.2 Å². The summed E-state index contributed by atoms with van der Waals surface area (Å²) in [7, 11) is 0. The first-order valence-electron chi connectivity index (χ1n) is 8.69. The first kappa shape index (κ1) is 16.9. The Kier molecular flexibility index (Phi) is 4.10. The van der Waals surface area contributed by atoms with Crippen LogP contribution in [0.1, 0.15) is 62.6 Å². The Morgan fingerprint density at radius 3 is 2.75 bits per heavy atom. The van der Waals surface area contributed by atoms with E-state index in [1.165, 1.54) is 13.0 Å². The second-order valence-electron chi connectivity index (χ2n) is 7.21. The van der Waals surface area contributed by atoms with Gasteiger partial charge >= 0.3 is 0 Å². The van der Waals surface area contributed by atoms with Crippen molar-refractivity contribution in [1.29, 1.82) is 0 Å². The number of ketones is 2. The summed E-state index contributed by atoms with van der Waals surface area (Å²) in [5, 5.41) is 0. The van der Waals surface area contributed by atoms with Crippen LogP contribution in [0.15, 0.2) is 11.6 Å². The number of allylic oxidation sites excluding steroid dienone is 2. The van der Waals surface area contributed by atoms with Crippen LogP contribution in [0.5, 0.6) is 0 Å². The zero-order chi connectivity index (χ0) is 17.6. The van der Waals surface area contributed by atoms with Crippen molar-refractivity contribution >= 4 is 22.8 Å². The van der Waals surface area contributed by atoms with E-state index in [1.807, 2.05) is 6.92 Å². The third-order valence-corrected chi connectivity index (χ3v) is 5.75. The van der Waals surface area contributed by atoms with Gasteiger partial charge in [-0.2, -0.15) is 0 Å². The molecule has 2 aliphatic carbocycles. The van der Waals surface area contributed by atoms with Crippen molar-refractivity contribution in [1.82, 2.24) is 0 Å². The lowest BCUT2D eigenvalue weighted by Crippen LogP contribution is -2.30. The summed E-state index contributed by atoms with van der Waals surface area (Å²) in [6.45, 7) is 5.40. The Bertz CT molecular complexity index is 778. The quantitative estimate of drug-likeness (QED) is 0.666. The molecule has 0 saturated heterocycles. The molecule has 2 aliphatic rings. The number of anilines is 1. The number of unbranched alkanes of at least 4 members (excludes halogenated alkanes) is 1. The number of carbonyl (C=O) groups excluding carboxylic acids is 2. The Morgan fingerprint density at radius 1 is 1.42 bits per heavy atom. The SMILES string of the molecule is CCCCC12CCC(=O)C(C(C)=O)=C1c1cc(F)c(N)c(C)c1C2. The number of hydrogen-bond donors (Lipinski definition) is 1. The normalized spacial score (nSPS) is 22.6. The molecule has 1 atom stereocenters. The highest BCUT2D eigenvalue weighted by molar-refractivity contribution is 6.26. The highest BCUT2D eigenvalue weighted by Crippen LogP contribution is 2.57. The molecule has 1 aromatic carbocycles. The summed E-state index contributed by atoms with van der Waals surface area (Å²) in [6, 6.07) is 1.43. The van der Waals surface area contributed by atoms with E-state index in [0.29, 0.717) is 12.0 Å². The summed E-state index contributed by atoms with van der Waals surface area (Å²) in [5.74, 6) is -0.781. The maximum Gasteiger partial charge on any atom is 0.166 e. The molecule has 0 bridgehead atoms. The Morgan fingerprint density at radius 2 is 2.12 bits per heavy atom. The number of fused-ring (bicyclic) bond motifs is 3. The summed E-state index contributed by atoms with van der Waals surface area (Å²) in [4.78, 5) is 24.7. The number of halogens is 1. The molecule has 0 amide bonds. The lowest BCUT2D eigenvalue weighted by molar-refractivity contribution is -0.121. The molecule has 2 N–H and O–H groups in total. The molecular formula is C20H24FNO2. The fraction of sp³-hybridized carbons (Fsp3) is 0.500. The number of carbonyl (C=O) groups is 2. The number of rotatable bonds is 4. The molecule has 0 saturated carbocycles. The predicted molar refractivity (Wildman–Crippen MR) is 93.1 cm³/mol. The number of Topliss-reactive ketones (excluding diaryl/α,β-unsaturated/α-hetero) is 2. The van der Waals surface area contributed by atoms with Crippen LogP contribution in [0, 0.1) is 18.2 Å². The molecule has 0 aromatic heterocycles. The zero-order valence-electron chi connectivity index (χ0n) is 14.6. The molecule has 3 nitrogen and oxygen atoms in total. The molecular weight excluding hydrogens is 305 g/mol. The van der Waals surface area contributed by atoms with Gasteiger partial charge in [-0.05, 0) is 61.4 Å². The van der Waals surface area contributed by atoms with Gasteiger partial charge in [0.05, 0.1) is 11.3 Å². The molecule has 1 unspecified atom stereocenters. The Hall–Kier alpha value is -1.97. The molecule has 24 heavy (non-hydrogen) atoms. The average molecular weight is 329 g/mol. The molecule has 0 spiro atoms. The zero-order valence-corrected chi connectivity index (χ0v) is 14.6. The second kappa shape index (κ2) is 5.83. The van der Waals surface area contributed by atoms with Crippen molar-refractivity contribution in [2.24, 2.45) is 5.41 Å². The molecule has 4 heteroatoms. The minimum Gasteiger partial charge on any atom is -0.396 e. The summed E-state index contributed by atoms with van der Waals surface area (Å²) in [6.07, 6.45) is 4.86. The fourth-order valence-electron chi connectivity index (χ4n) is 4.45. The van der Waals surface area contributed by atoms with Gasteiger partial charge in [0.15, 0.2) is 11.6 Å². The van der Waals surface area contributed by atoms with E-state index in [-0.39, 0.29) is 22.7 Å². The van der Waals surface area contributed by atoms with E-state index in [1.54, 1.807) is 0 Å². The third-order valence-electron chi connectivity index (χ3n) is 5.75. The van der Waals surface area contributed by atoms with E-state index in [2.05, 4.69) is 6.92 Å². The van der Waals surface area contributed by atoms with Crippen molar-refractivity contribution in [3.63, 3.8) is 0 Å². The Balaban J connectivity index is 2.32. The molecule has 3 rings (SSSR count). The van der Waals surface area contributed by atoms with E-state index in [4.69, 9.17) is 5.73 Å². The molecule has 0 fully saturated rings. The van der Waals surface area contributed by atoms with Crippen LogP contribution in [0.4, 0.5) is 10.1 Å². The minimum absolute atomic E-state index is 0.104. The van der Waals surface area contributed by atoms with Crippen LogP contribution in [0.25, 0.3) is 5.57 Å². The lowest BCUT2D eigenvalue weighted by atomic mass is 9.66. The third kappa shape index (κ3) is 2.31. The molecule has 0 heterocycles. The van der Waals surface area contributed by atoms with Crippen LogP contribution < -0.4 is 5.73 Å². The second-order valence-corrected chi connectivity index (χ2v) is 7.21. The van der Waals surface area contributed by atoms with Crippen molar-refractivity contribution in [2.45, 2.75) is 59.3 Å². The van der Waals surface area contributed by atoms with Gasteiger partial charge in [-0.1, -0.05) is 19.8 Å². The number of nitrogens with two attached hydrogens (primary N) is 1. The van der Waals surface area contributed by atoms with Crippen LogP contribution in [0.2, 0.25) is 0 Å². The van der Waals surface area contributed by atoms with Gasteiger partial charge in [0.2, 0.25) is 0 Å². The van der Waals surface area contributed by atoms with Crippen LogP contribution in [-0.4, -0.2) is 11.6 Å². The van der Waals surface area contributed by atoms with E-state index < -0.39 is 5.82 Å². The maximum atomic E-state index is 14.3. The summed E-state index contributed by atoms with van der Waals surface area (Å²) < 4.78 is 14.3. The van der Waals surface area contributed by atoms with Crippen molar-refractivity contribution in [3.05, 3.63) is 34.1 Å². The predicted octanol–water partition coefficient (Wildman–Crippen LogP) is 4.15. The average Bonchev–Trinajstić information content (AvgIpc) is 2.86. The molecule has 1 aromatic rings. The van der Waals surface area contributed by atoms with Gasteiger partial charge in [-0.15, -0.1) is 0 Å². The standard InChI is InChI=1S/C20H24FNO2/c1-4-5-7-20-8-6-16(24)17(12(3)23)18(20)13-9-15(21)19(22)11(2)14(13)10-20/h9H,4-8,10,22H2,1-3H3. The first-order chi connectivity index (χ1) is 11.3. The maximum absolute atomic E-state index is 14.3. The van der Waals surface area contributed by atoms with Gasteiger partial charge in [0.25, 0.3) is 0 Å². The van der Waals surface area contributed by atoms with Crippen LogP contribution in [-0.2, 0) is 16.0 Å². The molecule has 0 radical (unpaired) electrons. The smallest absolute Gasteiger partial charge is 0.166 e. The number of benzene rings is 1. The summed E-state index contributed by atoms with van der Waals surface area (Å²) >= 11 is 0. The highest BCUT2D eigenvalue weighted by Gasteiger charge is 2.48. The van der Waals surface area contributed by atoms with Crippen LogP contribution >= 0.6 is 0 Å². The number of hydrogen-bond acceptors (Lipinski definition) is 3. The van der Waals surface area contributed by atoms with Gasteiger partial charge in [0, 0.05) is 11.8 Å². The monoisotopic (exact) mass is 329 g/mol. The molecule has 0 aliphatic heterocycles. The fourth-order valence-corrected chi connectivity index (χ4v) is 4.45. The van der Waals surface area contributed by atoms with Crippen molar-refractivity contribution < 1.29 is 14.0 Å². The van der Waals surface area contributed by atoms with Gasteiger partial charge in [0.1, 0.15) is 5.82 Å². The van der Waals surface area contributed by atoms with Gasteiger partial charge in [-0.3, -0.25) is 9.59 Å². The number of nitrogen functional groups attached to an aromatic ring is 1. The lowest BCUT2D eigenvalue weighted by Gasteiger charge is -2.36. The van der Waals surface area contributed by atoms with Crippen LogP contribution in [0.3, 0.4) is 0 Å². The van der Waals surface area contributed by atoms with E-state index in [9.17, 15) is 14.0 Å². The van der Waals surface area contributed by atoms with Gasteiger partial charge in [-0.25, -0.2) is 4.39 Å². The van der Waals surface area contributed by atoms with E-state index >= 15 is 0 Å². The molecule has 128 valence electrons. The summed E-state index contributed by atoms with van der Waals surface area (Å²) in [5.41, 5.74) is 9.40. The van der Waals surface area contributed by atoms with Crippen molar-refractivity contribution in [2.75, 3.05) is 5.73 Å². The Labute approximate surface area is 142 Å². The largest absolute Gasteiger partial charge is 0.396 e. The first-order valence-corrected chi connectivity index (χ1v) is 8.69. The minimum atomic E-state index is -0.467.